The van der Waals surface area contributed by atoms with E-state index in [1.807, 2.05) is 0 Å². The molecule has 3 amide bonds. The van der Waals surface area contributed by atoms with Crippen LogP contribution in [0.3, 0.4) is 0 Å². The molecule has 10 nitrogen and oxygen atoms in total. The molecule has 2 aliphatic rings. The number of hydrogen-bond donors (Lipinski definition) is 0. The van der Waals surface area contributed by atoms with Crippen LogP contribution in [-0.2, 0) is 30.8 Å². The van der Waals surface area contributed by atoms with Gasteiger partial charge in [-0.1, -0.05) is 42.5 Å². The molecule has 2 aromatic carbocycles. The lowest BCUT2D eigenvalue weighted by Gasteiger charge is -2.33. The lowest BCUT2D eigenvalue weighted by molar-refractivity contribution is -0.155. The maximum absolute atomic E-state index is 13.1. The first-order valence-electron chi connectivity index (χ1n) is 11.1. The first kappa shape index (κ1) is 24.6. The molecule has 2 aliphatic heterocycles. The molecule has 0 N–H and O–H groups in total. The highest BCUT2D eigenvalue weighted by Crippen LogP contribution is 2.26. The van der Waals surface area contributed by atoms with Gasteiger partial charge in [-0.15, -0.1) is 0 Å². The average molecular weight is 500 g/mol. The van der Waals surface area contributed by atoms with Crippen molar-refractivity contribution in [3.63, 3.8) is 0 Å². The Kier molecular flexibility index (Phi) is 6.99. The van der Waals surface area contributed by atoms with E-state index in [-0.39, 0.29) is 43.7 Å². The third kappa shape index (κ3) is 5.25. The monoisotopic (exact) mass is 499 g/mol. The zero-order chi connectivity index (χ0) is 25.2. The molecule has 1 fully saturated rings. The van der Waals surface area contributed by atoms with Crippen LogP contribution >= 0.6 is 0 Å². The van der Waals surface area contributed by atoms with Gasteiger partial charge in [0.1, 0.15) is 6.04 Å². The van der Waals surface area contributed by atoms with E-state index in [4.69, 9.17) is 4.74 Å². The van der Waals surface area contributed by atoms with E-state index < -0.39 is 46.4 Å². The molecule has 0 bridgehead atoms. The average Bonchev–Trinajstić information content (AvgIpc) is 3.11. The smallest absolute Gasteiger partial charge is 0.330 e. The maximum atomic E-state index is 13.1. The number of fused-ring (bicyclic) bond motifs is 1. The van der Waals surface area contributed by atoms with Crippen molar-refractivity contribution >= 4 is 33.7 Å². The lowest BCUT2D eigenvalue weighted by Crippen LogP contribution is -2.52. The molecule has 0 spiro atoms. The summed E-state index contributed by atoms with van der Waals surface area (Å²) >= 11 is 0. The third-order valence-electron chi connectivity index (χ3n) is 6.08. The molecule has 4 rings (SSSR count). The molecule has 0 saturated carbocycles. The molecule has 2 heterocycles. The van der Waals surface area contributed by atoms with Crippen molar-refractivity contribution in [1.29, 1.82) is 0 Å². The Bertz CT molecular complexity index is 1220. The Hall–Kier alpha value is -3.57. The first-order valence-corrected chi connectivity index (χ1v) is 12.9. The molecule has 184 valence electrons. The highest BCUT2D eigenvalue weighted by atomic mass is 32.2. The summed E-state index contributed by atoms with van der Waals surface area (Å²) in [6.45, 7) is 0.0885. The number of rotatable bonds is 7. The number of esters is 1. The van der Waals surface area contributed by atoms with Crippen molar-refractivity contribution < 1.29 is 32.3 Å². The Morgan fingerprint density at radius 2 is 1.43 bits per heavy atom. The summed E-state index contributed by atoms with van der Waals surface area (Å²) in [6.07, 6.45) is 1.14. The number of benzene rings is 2. The molecule has 0 aromatic heterocycles. The van der Waals surface area contributed by atoms with E-state index in [1.165, 1.54) is 21.3 Å². The number of amides is 3. The Labute approximate surface area is 203 Å². The van der Waals surface area contributed by atoms with E-state index in [0.29, 0.717) is 5.56 Å². The van der Waals surface area contributed by atoms with Gasteiger partial charge in [-0.3, -0.25) is 19.3 Å². The number of piperazine rings is 1. The zero-order valence-corrected chi connectivity index (χ0v) is 19.9. The van der Waals surface area contributed by atoms with E-state index in [9.17, 15) is 27.6 Å². The lowest BCUT2D eigenvalue weighted by atomic mass is 10.0. The van der Waals surface area contributed by atoms with Gasteiger partial charge >= 0.3 is 5.97 Å². The van der Waals surface area contributed by atoms with Crippen LogP contribution in [0, 0.1) is 0 Å². The fraction of sp³-hybridized carbons (Fsp3) is 0.333. The van der Waals surface area contributed by atoms with Gasteiger partial charge < -0.3 is 9.64 Å². The SMILES string of the molecule is CS(=O)(=O)N1CCN(C(=O)COC(=O)[C@H](Cc2ccccc2)N2C(=O)c3ccccc3C2=O)CC1. The number of hydrogen-bond acceptors (Lipinski definition) is 7. The fourth-order valence-electron chi connectivity index (χ4n) is 4.20. The van der Waals surface area contributed by atoms with Crippen molar-refractivity contribution in [2.24, 2.45) is 0 Å². The Morgan fingerprint density at radius 3 is 1.97 bits per heavy atom. The highest BCUT2D eigenvalue weighted by Gasteiger charge is 2.43. The zero-order valence-electron chi connectivity index (χ0n) is 19.1. The third-order valence-corrected chi connectivity index (χ3v) is 7.38. The molecular weight excluding hydrogens is 474 g/mol. The van der Waals surface area contributed by atoms with Crippen molar-refractivity contribution in [2.75, 3.05) is 39.0 Å². The predicted molar refractivity (Wildman–Crippen MR) is 125 cm³/mol. The van der Waals surface area contributed by atoms with E-state index in [1.54, 1.807) is 42.5 Å². The number of nitrogens with zero attached hydrogens (tertiary/aromatic N) is 3. The summed E-state index contributed by atoms with van der Waals surface area (Å²) < 4.78 is 29.9. The van der Waals surface area contributed by atoms with Crippen LogP contribution in [0.5, 0.6) is 0 Å². The van der Waals surface area contributed by atoms with Crippen molar-refractivity contribution in [2.45, 2.75) is 12.5 Å². The van der Waals surface area contributed by atoms with Crippen molar-refractivity contribution in [1.82, 2.24) is 14.1 Å². The van der Waals surface area contributed by atoms with Gasteiger partial charge in [-0.2, -0.15) is 4.31 Å². The number of carbonyl (C=O) groups is 4. The molecule has 0 unspecified atom stereocenters. The number of imide groups is 1. The normalized spacial score (nSPS) is 17.3. The van der Waals surface area contributed by atoms with E-state index >= 15 is 0 Å². The second-order valence-corrected chi connectivity index (χ2v) is 10.4. The summed E-state index contributed by atoms with van der Waals surface area (Å²) in [5.41, 5.74) is 1.14. The Balaban J connectivity index is 1.46. The maximum Gasteiger partial charge on any atom is 0.330 e. The van der Waals surface area contributed by atoms with Crippen LogP contribution in [0.15, 0.2) is 54.6 Å². The largest absolute Gasteiger partial charge is 0.454 e. The fourth-order valence-corrected chi connectivity index (χ4v) is 5.02. The van der Waals surface area contributed by atoms with Gasteiger partial charge in [0.15, 0.2) is 6.61 Å². The predicted octanol–water partition coefficient (Wildman–Crippen LogP) is 0.541. The first-order chi connectivity index (χ1) is 16.7. The second kappa shape index (κ2) is 9.96. The van der Waals surface area contributed by atoms with Crippen LogP contribution in [0.2, 0.25) is 0 Å². The molecule has 11 heteroatoms. The summed E-state index contributed by atoms with van der Waals surface area (Å²) in [7, 11) is -3.34. The van der Waals surface area contributed by atoms with Gasteiger partial charge in [0.05, 0.1) is 17.4 Å². The second-order valence-electron chi connectivity index (χ2n) is 8.38. The van der Waals surface area contributed by atoms with Gasteiger partial charge in [0.2, 0.25) is 10.0 Å². The van der Waals surface area contributed by atoms with Gasteiger partial charge in [0, 0.05) is 32.6 Å². The van der Waals surface area contributed by atoms with Gasteiger partial charge in [0.25, 0.3) is 17.7 Å². The number of ether oxygens (including phenoxy) is 1. The standard InChI is InChI=1S/C24H25N3O7S/c1-35(32,33)26-13-11-25(12-14-26)21(28)16-34-24(31)20(15-17-7-3-2-4-8-17)27-22(29)18-9-5-6-10-19(18)23(27)30/h2-10,20H,11-16H2,1H3/t20-/m0/s1. The van der Waals surface area contributed by atoms with Crippen LogP contribution in [0.25, 0.3) is 0 Å². The quantitative estimate of drug-likeness (QED) is 0.403. The van der Waals surface area contributed by atoms with Crippen LogP contribution in [0.4, 0.5) is 0 Å². The van der Waals surface area contributed by atoms with Gasteiger partial charge in [-0.05, 0) is 17.7 Å². The molecule has 0 aliphatic carbocycles. The minimum Gasteiger partial charge on any atom is -0.454 e. The molecular formula is C24H25N3O7S. The summed E-state index contributed by atoms with van der Waals surface area (Å²) in [5.74, 6) is -2.53. The minimum absolute atomic E-state index is 0.0341. The molecule has 0 radical (unpaired) electrons. The highest BCUT2D eigenvalue weighted by molar-refractivity contribution is 7.88. The van der Waals surface area contributed by atoms with Crippen molar-refractivity contribution in [3.8, 4) is 0 Å². The van der Waals surface area contributed by atoms with Crippen LogP contribution < -0.4 is 0 Å². The minimum atomic E-state index is -3.34. The van der Waals surface area contributed by atoms with Crippen LogP contribution in [0.1, 0.15) is 26.3 Å². The Morgan fingerprint density at radius 1 is 0.886 bits per heavy atom. The molecule has 1 saturated heterocycles. The number of sulfonamides is 1. The van der Waals surface area contributed by atoms with Crippen LogP contribution in [-0.4, -0.2) is 91.3 Å². The van der Waals surface area contributed by atoms with E-state index in [2.05, 4.69) is 0 Å². The summed E-state index contributed by atoms with van der Waals surface area (Å²) in [6, 6.07) is 14.0. The topological polar surface area (TPSA) is 121 Å². The van der Waals surface area contributed by atoms with Crippen molar-refractivity contribution in [3.05, 3.63) is 71.3 Å². The van der Waals surface area contributed by atoms with Gasteiger partial charge in [-0.25, -0.2) is 13.2 Å². The summed E-state index contributed by atoms with van der Waals surface area (Å²) in [4.78, 5) is 54.1. The van der Waals surface area contributed by atoms with E-state index in [0.717, 1.165) is 11.2 Å². The number of carbonyl (C=O) groups excluding carboxylic acids is 4. The molecule has 2 aromatic rings. The summed E-state index contributed by atoms with van der Waals surface area (Å²) in [5, 5.41) is 0. The molecule has 35 heavy (non-hydrogen) atoms. The molecule has 1 atom stereocenters.